The highest BCUT2D eigenvalue weighted by Gasteiger charge is 2.52. The van der Waals surface area contributed by atoms with Crippen molar-refractivity contribution in [3.05, 3.63) is 294 Å². The number of hydrogen-bond acceptors (Lipinski definition) is 1. The standard InChI is InChI=1S/C74H49N/c1-73(2)66-30-13-9-25-58(66)62-41-39-50(43-70(62)73)75(49-38-40-57-55-23-6-5-21-53(55)54-22-7-8-24-56(54)64(57)42-49)72-45-71-65(44-63(72)48-36-34-47(35-37-48)52-29-17-19-46-18-3-4-20-51(46)52)61-28-12-16-33-69(61)74(71)67-31-14-10-26-59(67)60-27-11-15-32-68(60)74/h3-45H,1-2H3. The fourth-order valence-corrected chi connectivity index (χ4v) is 14.1. The van der Waals surface area contributed by atoms with E-state index >= 15 is 0 Å². The average Bonchev–Trinajstić information content (AvgIpc) is 4.24. The summed E-state index contributed by atoms with van der Waals surface area (Å²) in [4.78, 5) is 2.60. The maximum absolute atomic E-state index is 2.60. The van der Waals surface area contributed by atoms with Gasteiger partial charge in [0.1, 0.15) is 0 Å². The highest BCUT2D eigenvalue weighted by Crippen LogP contribution is 2.64. The smallest absolute Gasteiger partial charge is 0.0726 e. The van der Waals surface area contributed by atoms with Crippen LogP contribution in [0.25, 0.3) is 98.7 Å². The molecule has 13 aromatic rings. The number of hydrogen-bond donors (Lipinski definition) is 0. The van der Waals surface area contributed by atoms with Crippen LogP contribution in [-0.2, 0) is 10.8 Å². The molecule has 0 amide bonds. The fraction of sp³-hybridized carbons (Fsp3) is 0.0541. The summed E-state index contributed by atoms with van der Waals surface area (Å²) in [5.74, 6) is 0. The van der Waals surface area contributed by atoms with Gasteiger partial charge in [-0.1, -0.05) is 238 Å². The van der Waals surface area contributed by atoms with Gasteiger partial charge in [-0.05, 0) is 163 Å². The molecule has 0 saturated carbocycles. The zero-order valence-corrected chi connectivity index (χ0v) is 41.8. The summed E-state index contributed by atoms with van der Waals surface area (Å²) in [6.45, 7) is 4.79. The Morgan fingerprint density at radius 3 is 1.31 bits per heavy atom. The van der Waals surface area contributed by atoms with Crippen LogP contribution in [0.4, 0.5) is 17.1 Å². The molecule has 350 valence electrons. The summed E-state index contributed by atoms with van der Waals surface area (Å²) in [6, 6.07) is 98.8. The molecule has 13 aromatic carbocycles. The van der Waals surface area contributed by atoms with E-state index in [1.54, 1.807) is 0 Å². The third-order valence-corrected chi connectivity index (χ3v) is 17.5. The normalized spacial score (nSPS) is 13.9. The summed E-state index contributed by atoms with van der Waals surface area (Å²) in [6.07, 6.45) is 0. The SMILES string of the molecule is CC1(C)c2ccccc2-c2ccc(N(c3ccc4c5ccccc5c5ccccc5c4c3)c3cc4c(cc3-c3ccc(-c5cccc6ccccc56)cc3)-c3ccccc3C43c4ccccc4-c4ccccc43)cc21. The number of anilines is 3. The summed E-state index contributed by atoms with van der Waals surface area (Å²) >= 11 is 0. The van der Waals surface area contributed by atoms with Gasteiger partial charge in [0.25, 0.3) is 0 Å². The van der Waals surface area contributed by atoms with Crippen LogP contribution in [0, 0.1) is 0 Å². The lowest BCUT2D eigenvalue weighted by atomic mass is 9.70. The molecular formula is C74H49N. The Balaban J connectivity index is 1.02. The highest BCUT2D eigenvalue weighted by atomic mass is 15.1. The van der Waals surface area contributed by atoms with E-state index in [0.717, 1.165) is 17.1 Å². The molecular weight excluding hydrogens is 903 g/mol. The van der Waals surface area contributed by atoms with E-state index in [9.17, 15) is 0 Å². The highest BCUT2D eigenvalue weighted by molar-refractivity contribution is 6.26. The van der Waals surface area contributed by atoms with Gasteiger partial charge in [0.2, 0.25) is 0 Å². The zero-order valence-electron chi connectivity index (χ0n) is 41.8. The molecule has 0 saturated heterocycles. The summed E-state index contributed by atoms with van der Waals surface area (Å²) in [5.41, 5.74) is 23.2. The molecule has 75 heavy (non-hydrogen) atoms. The predicted octanol–water partition coefficient (Wildman–Crippen LogP) is 19.8. The van der Waals surface area contributed by atoms with Crippen molar-refractivity contribution in [2.24, 2.45) is 0 Å². The topological polar surface area (TPSA) is 3.24 Å². The van der Waals surface area contributed by atoms with Gasteiger partial charge in [-0.2, -0.15) is 0 Å². The molecule has 0 fully saturated rings. The number of benzene rings is 13. The molecule has 0 aliphatic heterocycles. The molecule has 0 N–H and O–H groups in total. The molecule has 3 aliphatic rings. The largest absolute Gasteiger partial charge is 0.310 e. The van der Waals surface area contributed by atoms with Crippen LogP contribution in [-0.4, -0.2) is 0 Å². The fourth-order valence-electron chi connectivity index (χ4n) is 14.1. The Labute approximate surface area is 437 Å². The van der Waals surface area contributed by atoms with Crippen molar-refractivity contribution >= 4 is 60.2 Å². The van der Waals surface area contributed by atoms with Crippen LogP contribution in [0.15, 0.2) is 261 Å². The van der Waals surface area contributed by atoms with Gasteiger partial charge in [-0.3, -0.25) is 0 Å². The molecule has 0 atom stereocenters. The van der Waals surface area contributed by atoms with E-state index in [0.29, 0.717) is 0 Å². The van der Waals surface area contributed by atoms with Crippen LogP contribution < -0.4 is 4.90 Å². The van der Waals surface area contributed by atoms with E-state index in [-0.39, 0.29) is 5.41 Å². The minimum absolute atomic E-state index is 0.201. The molecule has 1 spiro atoms. The Morgan fingerprint density at radius 2 is 0.680 bits per heavy atom. The Morgan fingerprint density at radius 1 is 0.253 bits per heavy atom. The molecule has 16 rings (SSSR count). The first-order valence-corrected chi connectivity index (χ1v) is 26.4. The van der Waals surface area contributed by atoms with Crippen LogP contribution in [0.3, 0.4) is 0 Å². The van der Waals surface area contributed by atoms with Crippen LogP contribution in [0.1, 0.15) is 47.2 Å². The van der Waals surface area contributed by atoms with Gasteiger partial charge < -0.3 is 4.90 Å². The summed E-state index contributed by atoms with van der Waals surface area (Å²) in [5, 5.41) is 10.1. The second-order valence-electron chi connectivity index (χ2n) is 21.5. The van der Waals surface area contributed by atoms with Crippen molar-refractivity contribution in [2.75, 3.05) is 4.90 Å². The molecule has 0 unspecified atom stereocenters. The van der Waals surface area contributed by atoms with Crippen molar-refractivity contribution in [3.8, 4) is 55.6 Å². The van der Waals surface area contributed by atoms with E-state index in [4.69, 9.17) is 0 Å². The number of fused-ring (bicyclic) bond motifs is 20. The zero-order chi connectivity index (χ0) is 49.6. The molecule has 0 aromatic heterocycles. The van der Waals surface area contributed by atoms with Crippen LogP contribution >= 0.6 is 0 Å². The van der Waals surface area contributed by atoms with Crippen LogP contribution in [0.5, 0.6) is 0 Å². The molecule has 1 nitrogen and oxygen atoms in total. The van der Waals surface area contributed by atoms with Crippen molar-refractivity contribution in [1.29, 1.82) is 0 Å². The third kappa shape index (κ3) is 5.78. The van der Waals surface area contributed by atoms with Crippen LogP contribution in [0.2, 0.25) is 0 Å². The third-order valence-electron chi connectivity index (χ3n) is 17.5. The maximum Gasteiger partial charge on any atom is 0.0726 e. The maximum atomic E-state index is 2.60. The van der Waals surface area contributed by atoms with Crippen molar-refractivity contribution in [2.45, 2.75) is 24.7 Å². The second-order valence-corrected chi connectivity index (χ2v) is 21.5. The number of nitrogens with zero attached hydrogens (tertiary/aromatic N) is 1. The van der Waals surface area contributed by atoms with Gasteiger partial charge in [-0.25, -0.2) is 0 Å². The van der Waals surface area contributed by atoms with Crippen molar-refractivity contribution in [3.63, 3.8) is 0 Å². The van der Waals surface area contributed by atoms with Gasteiger partial charge in [0.05, 0.1) is 11.1 Å². The van der Waals surface area contributed by atoms with E-state index in [2.05, 4.69) is 280 Å². The first-order valence-electron chi connectivity index (χ1n) is 26.4. The first-order chi connectivity index (χ1) is 37.0. The lowest BCUT2D eigenvalue weighted by Gasteiger charge is -2.34. The summed E-state index contributed by atoms with van der Waals surface area (Å²) in [7, 11) is 0. The first kappa shape index (κ1) is 42.2. The van der Waals surface area contributed by atoms with Gasteiger partial charge in [-0.15, -0.1) is 0 Å². The number of rotatable bonds is 5. The summed E-state index contributed by atoms with van der Waals surface area (Å²) < 4.78 is 0. The molecule has 1 heteroatoms. The van der Waals surface area contributed by atoms with Crippen molar-refractivity contribution in [1.82, 2.24) is 0 Å². The molecule has 3 aliphatic carbocycles. The average molecular weight is 952 g/mol. The lowest BCUT2D eigenvalue weighted by Crippen LogP contribution is -2.26. The Kier molecular flexibility index (Phi) is 8.79. The molecule has 0 bridgehead atoms. The van der Waals surface area contributed by atoms with Crippen molar-refractivity contribution < 1.29 is 0 Å². The molecule has 0 heterocycles. The molecule has 0 radical (unpaired) electrons. The minimum atomic E-state index is -0.531. The van der Waals surface area contributed by atoms with E-state index in [1.807, 2.05) is 0 Å². The van der Waals surface area contributed by atoms with Gasteiger partial charge >= 0.3 is 0 Å². The monoisotopic (exact) mass is 951 g/mol. The van der Waals surface area contributed by atoms with E-state index in [1.165, 1.54) is 132 Å². The lowest BCUT2D eigenvalue weighted by molar-refractivity contribution is 0.660. The van der Waals surface area contributed by atoms with E-state index < -0.39 is 5.41 Å². The Bertz CT molecular complexity index is 4480. The minimum Gasteiger partial charge on any atom is -0.310 e. The van der Waals surface area contributed by atoms with Gasteiger partial charge in [0.15, 0.2) is 0 Å². The quantitative estimate of drug-likeness (QED) is 0.155. The Hall–Kier alpha value is -9.30. The van der Waals surface area contributed by atoms with Gasteiger partial charge in [0, 0.05) is 22.4 Å². The predicted molar refractivity (Wildman–Crippen MR) is 316 cm³/mol. The second kappa shape index (κ2) is 15.6.